The zero-order valence-electron chi connectivity index (χ0n) is 12.0. The fourth-order valence-corrected chi connectivity index (χ4v) is 3.19. The standard InChI is InChI=1S/C15H24N4O/c20-15(18-10-2-6-16-9-12-18)14-3-1-11-19(14)13-4-7-17-8-5-13/h1,3,11,13,16-17H,2,4-10,12H2. The van der Waals surface area contributed by atoms with Crippen molar-refractivity contribution in [2.75, 3.05) is 39.3 Å². The Morgan fingerprint density at radius 2 is 1.90 bits per heavy atom. The van der Waals surface area contributed by atoms with Crippen molar-refractivity contribution in [1.82, 2.24) is 20.1 Å². The summed E-state index contributed by atoms with van der Waals surface area (Å²) >= 11 is 0. The van der Waals surface area contributed by atoms with E-state index in [2.05, 4.69) is 21.4 Å². The summed E-state index contributed by atoms with van der Waals surface area (Å²) in [7, 11) is 0. The van der Waals surface area contributed by atoms with Crippen molar-refractivity contribution in [2.24, 2.45) is 0 Å². The van der Waals surface area contributed by atoms with Gasteiger partial charge in [0.1, 0.15) is 5.69 Å². The highest BCUT2D eigenvalue weighted by Gasteiger charge is 2.23. The van der Waals surface area contributed by atoms with Gasteiger partial charge in [0.15, 0.2) is 0 Å². The van der Waals surface area contributed by atoms with Gasteiger partial charge < -0.3 is 20.1 Å². The van der Waals surface area contributed by atoms with Crippen LogP contribution in [0.1, 0.15) is 35.8 Å². The number of aromatic nitrogens is 1. The Hall–Kier alpha value is -1.33. The molecule has 0 unspecified atom stereocenters. The Morgan fingerprint density at radius 1 is 1.10 bits per heavy atom. The zero-order chi connectivity index (χ0) is 13.8. The van der Waals surface area contributed by atoms with Crippen LogP contribution >= 0.6 is 0 Å². The van der Waals surface area contributed by atoms with Gasteiger partial charge in [0.25, 0.3) is 5.91 Å². The molecule has 0 bridgehead atoms. The van der Waals surface area contributed by atoms with Gasteiger partial charge in [-0.2, -0.15) is 0 Å². The largest absolute Gasteiger partial charge is 0.340 e. The van der Waals surface area contributed by atoms with E-state index in [1.165, 1.54) is 0 Å². The monoisotopic (exact) mass is 276 g/mol. The summed E-state index contributed by atoms with van der Waals surface area (Å²) in [5, 5.41) is 6.73. The van der Waals surface area contributed by atoms with Crippen molar-refractivity contribution in [3.63, 3.8) is 0 Å². The number of piperidine rings is 1. The molecule has 3 rings (SSSR count). The van der Waals surface area contributed by atoms with Crippen LogP contribution in [0.4, 0.5) is 0 Å². The molecule has 1 amide bonds. The summed E-state index contributed by atoms with van der Waals surface area (Å²) in [5.41, 5.74) is 0.860. The summed E-state index contributed by atoms with van der Waals surface area (Å²) in [4.78, 5) is 14.7. The number of carbonyl (C=O) groups excluding carboxylic acids is 1. The molecule has 1 aromatic rings. The van der Waals surface area contributed by atoms with E-state index in [1.54, 1.807) is 0 Å². The Kier molecular flexibility index (Phi) is 4.38. The van der Waals surface area contributed by atoms with E-state index >= 15 is 0 Å². The van der Waals surface area contributed by atoms with Gasteiger partial charge in [0.05, 0.1) is 0 Å². The molecule has 5 nitrogen and oxygen atoms in total. The zero-order valence-corrected chi connectivity index (χ0v) is 12.0. The van der Waals surface area contributed by atoms with E-state index in [0.29, 0.717) is 6.04 Å². The number of carbonyl (C=O) groups is 1. The van der Waals surface area contributed by atoms with Crippen molar-refractivity contribution in [3.05, 3.63) is 24.0 Å². The number of hydrogen-bond donors (Lipinski definition) is 2. The molecule has 0 spiro atoms. The van der Waals surface area contributed by atoms with E-state index in [0.717, 1.165) is 64.2 Å². The smallest absolute Gasteiger partial charge is 0.270 e. The second-order valence-corrected chi connectivity index (χ2v) is 5.68. The van der Waals surface area contributed by atoms with Crippen molar-refractivity contribution < 1.29 is 4.79 Å². The quantitative estimate of drug-likeness (QED) is 0.842. The van der Waals surface area contributed by atoms with E-state index in [4.69, 9.17) is 0 Å². The maximum atomic E-state index is 12.7. The molecule has 2 saturated heterocycles. The van der Waals surface area contributed by atoms with Crippen molar-refractivity contribution in [3.8, 4) is 0 Å². The van der Waals surface area contributed by atoms with Crippen LogP contribution in [0.5, 0.6) is 0 Å². The second-order valence-electron chi connectivity index (χ2n) is 5.68. The number of hydrogen-bond acceptors (Lipinski definition) is 3. The minimum absolute atomic E-state index is 0.192. The average molecular weight is 276 g/mol. The van der Waals surface area contributed by atoms with Crippen LogP contribution in [0.3, 0.4) is 0 Å². The van der Waals surface area contributed by atoms with Crippen molar-refractivity contribution >= 4 is 5.91 Å². The van der Waals surface area contributed by atoms with Gasteiger partial charge in [-0.15, -0.1) is 0 Å². The van der Waals surface area contributed by atoms with Crippen LogP contribution in [0.25, 0.3) is 0 Å². The lowest BCUT2D eigenvalue weighted by atomic mass is 10.1. The Bertz CT molecular complexity index is 442. The second kappa shape index (κ2) is 6.41. The third-order valence-electron chi connectivity index (χ3n) is 4.33. The molecule has 2 fully saturated rings. The third kappa shape index (κ3) is 2.88. The molecule has 0 aliphatic carbocycles. The summed E-state index contributed by atoms with van der Waals surface area (Å²) < 4.78 is 2.20. The molecule has 0 saturated carbocycles. The molecule has 0 atom stereocenters. The molecule has 20 heavy (non-hydrogen) atoms. The van der Waals surface area contributed by atoms with Gasteiger partial charge in [-0.3, -0.25) is 4.79 Å². The third-order valence-corrected chi connectivity index (χ3v) is 4.33. The van der Waals surface area contributed by atoms with Crippen LogP contribution in [0.2, 0.25) is 0 Å². The maximum Gasteiger partial charge on any atom is 0.270 e. The molecule has 5 heteroatoms. The minimum atomic E-state index is 0.192. The Balaban J connectivity index is 1.75. The summed E-state index contributed by atoms with van der Waals surface area (Å²) in [5.74, 6) is 0.192. The van der Waals surface area contributed by atoms with Crippen molar-refractivity contribution in [1.29, 1.82) is 0 Å². The van der Waals surface area contributed by atoms with Gasteiger partial charge in [0.2, 0.25) is 0 Å². The van der Waals surface area contributed by atoms with Crippen molar-refractivity contribution in [2.45, 2.75) is 25.3 Å². The summed E-state index contributed by atoms with van der Waals surface area (Å²) in [6.45, 7) is 5.69. The number of nitrogens with zero attached hydrogens (tertiary/aromatic N) is 2. The lowest BCUT2D eigenvalue weighted by molar-refractivity contribution is 0.0751. The first-order valence-electron chi connectivity index (χ1n) is 7.74. The first kappa shape index (κ1) is 13.6. The molecule has 2 N–H and O–H groups in total. The van der Waals surface area contributed by atoms with Gasteiger partial charge in [-0.1, -0.05) is 0 Å². The van der Waals surface area contributed by atoms with Crippen LogP contribution in [0, 0.1) is 0 Å². The first-order chi connectivity index (χ1) is 9.86. The van der Waals surface area contributed by atoms with Crippen LogP contribution in [0.15, 0.2) is 18.3 Å². The van der Waals surface area contributed by atoms with E-state index in [9.17, 15) is 4.79 Å². The first-order valence-corrected chi connectivity index (χ1v) is 7.74. The number of rotatable bonds is 2. The van der Waals surface area contributed by atoms with Gasteiger partial charge in [0, 0.05) is 31.9 Å². The molecule has 0 aromatic carbocycles. The van der Waals surface area contributed by atoms with Gasteiger partial charge in [-0.25, -0.2) is 0 Å². The summed E-state index contributed by atoms with van der Waals surface area (Å²) in [6.07, 6.45) is 5.33. The number of amides is 1. The molecular formula is C15H24N4O. The highest BCUT2D eigenvalue weighted by molar-refractivity contribution is 5.92. The van der Waals surface area contributed by atoms with Gasteiger partial charge >= 0.3 is 0 Å². The predicted octanol–water partition coefficient (Wildman–Crippen LogP) is 0.848. The molecule has 2 aliphatic rings. The molecule has 0 radical (unpaired) electrons. The molecule has 1 aromatic heterocycles. The van der Waals surface area contributed by atoms with E-state index in [-0.39, 0.29) is 5.91 Å². The normalized spacial score (nSPS) is 21.7. The van der Waals surface area contributed by atoms with E-state index < -0.39 is 0 Å². The Morgan fingerprint density at radius 3 is 2.75 bits per heavy atom. The predicted molar refractivity (Wildman–Crippen MR) is 79.0 cm³/mol. The fraction of sp³-hybridized carbons (Fsp3) is 0.667. The van der Waals surface area contributed by atoms with Crippen LogP contribution < -0.4 is 10.6 Å². The van der Waals surface area contributed by atoms with Crippen LogP contribution in [-0.4, -0.2) is 54.6 Å². The lowest BCUT2D eigenvalue weighted by Crippen LogP contribution is -2.37. The van der Waals surface area contributed by atoms with Gasteiger partial charge in [-0.05, 0) is 51.0 Å². The molecule has 2 aliphatic heterocycles. The molecule has 110 valence electrons. The average Bonchev–Trinajstić information content (AvgIpc) is 2.82. The molecule has 3 heterocycles. The Labute approximate surface area is 120 Å². The summed E-state index contributed by atoms with van der Waals surface area (Å²) in [6, 6.07) is 4.45. The SMILES string of the molecule is O=C(c1cccn1C1CCNCC1)N1CCCNCC1. The molecular weight excluding hydrogens is 252 g/mol. The minimum Gasteiger partial charge on any atom is -0.340 e. The number of nitrogens with one attached hydrogen (secondary N) is 2. The topological polar surface area (TPSA) is 49.3 Å². The van der Waals surface area contributed by atoms with E-state index in [1.807, 2.05) is 17.0 Å². The fourth-order valence-electron chi connectivity index (χ4n) is 3.19. The maximum absolute atomic E-state index is 12.7. The lowest BCUT2D eigenvalue weighted by Gasteiger charge is -2.27. The highest BCUT2D eigenvalue weighted by atomic mass is 16.2. The highest BCUT2D eigenvalue weighted by Crippen LogP contribution is 2.22. The van der Waals surface area contributed by atoms with Crippen LogP contribution in [-0.2, 0) is 0 Å².